The van der Waals surface area contributed by atoms with Crippen LogP contribution in [0.15, 0.2) is 36.4 Å². The van der Waals surface area contributed by atoms with Gasteiger partial charge in [-0.15, -0.1) is 0 Å². The smallest absolute Gasteiger partial charge is 0.256 e. The molecule has 164 valence electrons. The molecule has 0 bridgehead atoms. The van der Waals surface area contributed by atoms with Crippen LogP contribution in [0.3, 0.4) is 0 Å². The van der Waals surface area contributed by atoms with E-state index in [1.54, 1.807) is 24.3 Å². The van der Waals surface area contributed by atoms with Gasteiger partial charge in [-0.2, -0.15) is 0 Å². The van der Waals surface area contributed by atoms with E-state index in [1.807, 2.05) is 4.90 Å². The van der Waals surface area contributed by atoms with Crippen molar-refractivity contribution in [1.82, 2.24) is 4.90 Å². The van der Waals surface area contributed by atoms with E-state index in [-0.39, 0.29) is 29.5 Å². The largest absolute Gasteiger partial charge is 0.493 e. The zero-order valence-electron chi connectivity index (χ0n) is 17.8. The molecule has 2 aliphatic rings. The summed E-state index contributed by atoms with van der Waals surface area (Å²) >= 11 is 0. The summed E-state index contributed by atoms with van der Waals surface area (Å²) in [6, 6.07) is 9.53. The summed E-state index contributed by atoms with van der Waals surface area (Å²) in [5, 5.41) is 2.93. The molecular weight excluding hydrogens is 399 g/mol. The lowest BCUT2D eigenvalue weighted by molar-refractivity contribution is -0.117. The second kappa shape index (κ2) is 8.96. The van der Waals surface area contributed by atoms with Crippen molar-refractivity contribution in [3.05, 3.63) is 53.3 Å². The zero-order valence-corrected chi connectivity index (χ0v) is 17.8. The summed E-state index contributed by atoms with van der Waals surface area (Å²) in [4.78, 5) is 28.0. The van der Waals surface area contributed by atoms with Crippen LogP contribution >= 0.6 is 0 Å². The lowest BCUT2D eigenvalue weighted by Gasteiger charge is -2.28. The molecule has 0 spiro atoms. The Kier molecular flexibility index (Phi) is 6.11. The van der Waals surface area contributed by atoms with Gasteiger partial charge in [-0.05, 0) is 55.4 Å². The highest BCUT2D eigenvalue weighted by Gasteiger charge is 2.44. The van der Waals surface area contributed by atoms with Crippen LogP contribution in [0.5, 0.6) is 11.5 Å². The maximum Gasteiger partial charge on any atom is 0.256 e. The van der Waals surface area contributed by atoms with Gasteiger partial charge in [0.1, 0.15) is 5.82 Å². The Hall–Kier alpha value is -3.09. The Bertz CT molecular complexity index is 970. The highest BCUT2D eigenvalue weighted by molar-refractivity contribution is 6.05. The number of piperidine rings is 1. The van der Waals surface area contributed by atoms with Gasteiger partial charge in [-0.3, -0.25) is 9.59 Å². The standard InChI is InChI=1S/C24H27FN2O4/c1-30-21-13-19(24(29)27-10-4-3-5-11-27)20(14-22(21)31-2)26-23(28)18-12-17(18)15-6-8-16(25)9-7-15/h6-9,13-14,17-18H,3-5,10-12H2,1-2H3,(H,26,28). The molecule has 1 heterocycles. The van der Waals surface area contributed by atoms with Gasteiger partial charge in [0.15, 0.2) is 11.5 Å². The summed E-state index contributed by atoms with van der Waals surface area (Å²) < 4.78 is 23.9. The first-order chi connectivity index (χ1) is 15.0. The number of hydrogen-bond donors (Lipinski definition) is 1. The maximum absolute atomic E-state index is 13.2. The third-order valence-corrected chi connectivity index (χ3v) is 6.08. The first-order valence-electron chi connectivity index (χ1n) is 10.6. The number of rotatable bonds is 6. The second-order valence-electron chi connectivity index (χ2n) is 8.10. The highest BCUT2D eigenvalue weighted by atomic mass is 19.1. The van der Waals surface area contributed by atoms with Gasteiger partial charge in [0.2, 0.25) is 5.91 Å². The molecule has 6 nitrogen and oxygen atoms in total. The molecule has 1 saturated carbocycles. The van der Waals surface area contributed by atoms with Gasteiger partial charge < -0.3 is 19.7 Å². The summed E-state index contributed by atoms with van der Waals surface area (Å²) in [6.45, 7) is 1.41. The molecule has 2 aromatic rings. The summed E-state index contributed by atoms with van der Waals surface area (Å²) in [6.07, 6.45) is 3.76. The fourth-order valence-corrected chi connectivity index (χ4v) is 4.22. The van der Waals surface area contributed by atoms with E-state index >= 15 is 0 Å². The van der Waals surface area contributed by atoms with Gasteiger partial charge in [-0.1, -0.05) is 12.1 Å². The van der Waals surface area contributed by atoms with E-state index in [0.29, 0.717) is 42.3 Å². The van der Waals surface area contributed by atoms with Crippen molar-refractivity contribution in [2.45, 2.75) is 31.6 Å². The van der Waals surface area contributed by atoms with E-state index in [2.05, 4.69) is 5.32 Å². The summed E-state index contributed by atoms with van der Waals surface area (Å²) in [5.74, 6) is 0.154. The topological polar surface area (TPSA) is 67.9 Å². The van der Waals surface area contributed by atoms with Gasteiger partial charge >= 0.3 is 0 Å². The minimum atomic E-state index is -0.295. The van der Waals surface area contributed by atoms with Crippen LogP contribution in [0.4, 0.5) is 10.1 Å². The zero-order chi connectivity index (χ0) is 22.0. The SMILES string of the molecule is COc1cc(NC(=O)C2CC2c2ccc(F)cc2)c(C(=O)N2CCCCC2)cc1OC. The van der Waals surface area contributed by atoms with Gasteiger partial charge in [0, 0.05) is 25.1 Å². The van der Waals surface area contributed by atoms with E-state index in [9.17, 15) is 14.0 Å². The first-order valence-corrected chi connectivity index (χ1v) is 10.6. The van der Waals surface area contributed by atoms with Crippen LogP contribution in [0, 0.1) is 11.7 Å². The van der Waals surface area contributed by atoms with Crippen molar-refractivity contribution in [2.24, 2.45) is 5.92 Å². The van der Waals surface area contributed by atoms with Gasteiger partial charge in [0.25, 0.3) is 5.91 Å². The van der Waals surface area contributed by atoms with Gasteiger partial charge in [0.05, 0.1) is 25.5 Å². The number of hydrogen-bond acceptors (Lipinski definition) is 4. The Labute approximate surface area is 181 Å². The monoisotopic (exact) mass is 426 g/mol. The van der Waals surface area contributed by atoms with Crippen LogP contribution in [-0.2, 0) is 4.79 Å². The fourth-order valence-electron chi connectivity index (χ4n) is 4.22. The van der Waals surface area contributed by atoms with Crippen molar-refractivity contribution < 1.29 is 23.5 Å². The normalized spacial score (nSPS) is 20.2. The Balaban J connectivity index is 1.56. The maximum atomic E-state index is 13.2. The Morgan fingerprint density at radius 2 is 1.65 bits per heavy atom. The molecule has 7 heteroatoms. The number of methoxy groups -OCH3 is 2. The van der Waals surface area contributed by atoms with E-state index in [1.165, 1.54) is 26.4 Å². The van der Waals surface area contributed by atoms with Crippen LogP contribution < -0.4 is 14.8 Å². The lowest BCUT2D eigenvalue weighted by atomic mass is 10.1. The minimum absolute atomic E-state index is 0.0574. The average Bonchev–Trinajstić information content (AvgIpc) is 3.60. The van der Waals surface area contributed by atoms with Crippen molar-refractivity contribution in [3.63, 3.8) is 0 Å². The first kappa shape index (κ1) is 21.2. The second-order valence-corrected chi connectivity index (χ2v) is 8.10. The lowest BCUT2D eigenvalue weighted by Crippen LogP contribution is -2.36. The predicted molar refractivity (Wildman–Crippen MR) is 115 cm³/mol. The van der Waals surface area contributed by atoms with Crippen LogP contribution in [0.2, 0.25) is 0 Å². The molecule has 2 unspecified atom stereocenters. The Morgan fingerprint density at radius 3 is 2.29 bits per heavy atom. The van der Waals surface area contributed by atoms with Gasteiger partial charge in [-0.25, -0.2) is 4.39 Å². The molecule has 2 aromatic carbocycles. The molecule has 31 heavy (non-hydrogen) atoms. The quantitative estimate of drug-likeness (QED) is 0.751. The number of amides is 2. The molecule has 0 radical (unpaired) electrons. The molecule has 1 N–H and O–H groups in total. The number of benzene rings is 2. The third kappa shape index (κ3) is 4.50. The van der Waals surface area contributed by atoms with E-state index < -0.39 is 0 Å². The van der Waals surface area contributed by atoms with Crippen molar-refractivity contribution >= 4 is 17.5 Å². The number of anilines is 1. The molecule has 2 atom stereocenters. The molecule has 2 fully saturated rings. The summed E-state index contributed by atoms with van der Waals surface area (Å²) in [5.41, 5.74) is 1.76. The number of carbonyl (C=O) groups is 2. The number of nitrogens with one attached hydrogen (secondary N) is 1. The molecule has 0 aromatic heterocycles. The molecular formula is C24H27FN2O4. The fraction of sp³-hybridized carbons (Fsp3) is 0.417. The van der Waals surface area contributed by atoms with Crippen LogP contribution in [0.25, 0.3) is 0 Å². The van der Waals surface area contributed by atoms with Crippen molar-refractivity contribution in [1.29, 1.82) is 0 Å². The number of ether oxygens (including phenoxy) is 2. The highest BCUT2D eigenvalue weighted by Crippen LogP contribution is 2.48. The molecule has 4 rings (SSSR count). The minimum Gasteiger partial charge on any atom is -0.493 e. The number of halogens is 1. The third-order valence-electron chi connectivity index (χ3n) is 6.08. The van der Waals surface area contributed by atoms with E-state index in [4.69, 9.17) is 9.47 Å². The Morgan fingerprint density at radius 1 is 1.00 bits per heavy atom. The number of likely N-dealkylation sites (tertiary alicyclic amines) is 1. The number of carbonyl (C=O) groups excluding carboxylic acids is 2. The molecule has 1 aliphatic carbocycles. The average molecular weight is 426 g/mol. The molecule has 2 amide bonds. The molecule has 1 saturated heterocycles. The van der Waals surface area contributed by atoms with Crippen molar-refractivity contribution in [3.8, 4) is 11.5 Å². The number of nitrogens with zero attached hydrogens (tertiary/aromatic N) is 1. The predicted octanol–water partition coefficient (Wildman–Crippen LogP) is 4.21. The molecule has 1 aliphatic heterocycles. The van der Waals surface area contributed by atoms with Crippen molar-refractivity contribution in [2.75, 3.05) is 32.6 Å². The van der Waals surface area contributed by atoms with E-state index in [0.717, 1.165) is 24.8 Å². The van der Waals surface area contributed by atoms with Crippen LogP contribution in [0.1, 0.15) is 47.5 Å². The summed E-state index contributed by atoms with van der Waals surface area (Å²) in [7, 11) is 3.03. The van der Waals surface area contributed by atoms with Crippen LogP contribution in [-0.4, -0.2) is 44.0 Å².